The van der Waals surface area contributed by atoms with Gasteiger partial charge in [0, 0.05) is 17.9 Å². The molecule has 1 saturated carbocycles. The molecule has 1 atom stereocenters. The zero-order valence-electron chi connectivity index (χ0n) is 18.2. The SMILES string of the molecule is CCCCOc1ccc(S(=O)(=O)N(Cc2cnc[nH]2)[C@@H](CC)C2CCCCC2)cc1. The average molecular weight is 434 g/mol. The van der Waals surface area contributed by atoms with E-state index in [2.05, 4.69) is 23.8 Å². The minimum Gasteiger partial charge on any atom is -0.494 e. The number of imidazole rings is 1. The molecule has 0 bridgehead atoms. The molecule has 0 saturated heterocycles. The standard InChI is InChI=1S/C23H35N3O3S/c1-3-5-15-29-21-11-13-22(14-12-21)30(27,28)26(17-20-16-24-18-25-20)23(4-2)19-9-7-6-8-10-19/h11-14,16,18-19,23H,3-10,15,17H2,1-2H3,(H,24,25)/t23-/m0/s1. The van der Waals surface area contributed by atoms with Crippen molar-refractivity contribution in [1.82, 2.24) is 14.3 Å². The minimum absolute atomic E-state index is 0.0147. The maximum absolute atomic E-state index is 13.7. The van der Waals surface area contributed by atoms with E-state index in [0.29, 0.717) is 29.7 Å². The molecule has 7 heteroatoms. The van der Waals surface area contributed by atoms with Gasteiger partial charge in [0.2, 0.25) is 10.0 Å². The Morgan fingerprint density at radius 2 is 1.90 bits per heavy atom. The van der Waals surface area contributed by atoms with Gasteiger partial charge in [-0.2, -0.15) is 4.31 Å². The Morgan fingerprint density at radius 3 is 2.50 bits per heavy atom. The zero-order chi connectivity index (χ0) is 21.4. The lowest BCUT2D eigenvalue weighted by Crippen LogP contribution is -2.44. The van der Waals surface area contributed by atoms with Gasteiger partial charge in [-0.05, 0) is 55.9 Å². The van der Waals surface area contributed by atoms with Crippen molar-refractivity contribution in [3.63, 3.8) is 0 Å². The van der Waals surface area contributed by atoms with Crippen LogP contribution in [0, 0.1) is 5.92 Å². The fourth-order valence-electron chi connectivity index (χ4n) is 4.39. The number of rotatable bonds is 11. The molecule has 0 aliphatic heterocycles. The highest BCUT2D eigenvalue weighted by molar-refractivity contribution is 7.89. The van der Waals surface area contributed by atoms with Crippen LogP contribution in [-0.4, -0.2) is 35.3 Å². The number of unbranched alkanes of at least 4 members (excludes halogenated alkanes) is 1. The molecule has 3 rings (SSSR count). The molecular weight excluding hydrogens is 398 g/mol. The molecule has 1 aromatic heterocycles. The van der Waals surface area contributed by atoms with Crippen LogP contribution in [0.1, 0.15) is 70.9 Å². The van der Waals surface area contributed by atoms with Gasteiger partial charge in [-0.15, -0.1) is 0 Å². The van der Waals surface area contributed by atoms with Crippen molar-refractivity contribution < 1.29 is 13.2 Å². The first-order chi connectivity index (χ1) is 14.6. The molecule has 166 valence electrons. The number of hydrogen-bond donors (Lipinski definition) is 1. The van der Waals surface area contributed by atoms with Crippen LogP contribution in [0.2, 0.25) is 0 Å². The molecule has 1 fully saturated rings. The number of benzene rings is 1. The van der Waals surface area contributed by atoms with Gasteiger partial charge in [0.1, 0.15) is 5.75 Å². The molecule has 1 aliphatic rings. The van der Waals surface area contributed by atoms with E-state index in [9.17, 15) is 8.42 Å². The van der Waals surface area contributed by atoms with Crippen molar-refractivity contribution in [3.05, 3.63) is 42.5 Å². The van der Waals surface area contributed by atoms with E-state index in [1.54, 1.807) is 41.1 Å². The zero-order valence-corrected chi connectivity index (χ0v) is 19.0. The van der Waals surface area contributed by atoms with Gasteiger partial charge >= 0.3 is 0 Å². The molecule has 1 N–H and O–H groups in total. The van der Waals surface area contributed by atoms with Crippen molar-refractivity contribution in [1.29, 1.82) is 0 Å². The van der Waals surface area contributed by atoms with Crippen LogP contribution < -0.4 is 4.74 Å². The lowest BCUT2D eigenvalue weighted by molar-refractivity contribution is 0.181. The van der Waals surface area contributed by atoms with Gasteiger partial charge < -0.3 is 9.72 Å². The molecule has 1 heterocycles. The summed E-state index contributed by atoms with van der Waals surface area (Å²) in [6, 6.07) is 6.85. The smallest absolute Gasteiger partial charge is 0.243 e. The van der Waals surface area contributed by atoms with E-state index < -0.39 is 10.0 Å². The molecule has 30 heavy (non-hydrogen) atoms. The van der Waals surface area contributed by atoms with Crippen molar-refractivity contribution in [2.75, 3.05) is 6.61 Å². The maximum atomic E-state index is 13.7. The monoisotopic (exact) mass is 433 g/mol. The molecule has 0 amide bonds. The number of nitrogens with one attached hydrogen (secondary N) is 1. The molecule has 6 nitrogen and oxygen atoms in total. The summed E-state index contributed by atoms with van der Waals surface area (Å²) in [5.74, 6) is 1.11. The van der Waals surface area contributed by atoms with E-state index >= 15 is 0 Å². The van der Waals surface area contributed by atoms with Crippen molar-refractivity contribution in [2.45, 2.75) is 82.7 Å². The van der Waals surface area contributed by atoms with Gasteiger partial charge in [-0.1, -0.05) is 39.5 Å². The number of ether oxygens (including phenoxy) is 1. The highest BCUT2D eigenvalue weighted by Crippen LogP contribution is 2.34. The molecule has 0 radical (unpaired) electrons. The summed E-state index contributed by atoms with van der Waals surface area (Å²) in [6.45, 7) is 5.17. The Hall–Kier alpha value is -1.86. The summed E-state index contributed by atoms with van der Waals surface area (Å²) in [5, 5.41) is 0. The number of sulfonamides is 1. The number of H-pyrrole nitrogens is 1. The minimum atomic E-state index is -3.65. The van der Waals surface area contributed by atoms with Crippen molar-refractivity contribution >= 4 is 10.0 Å². The summed E-state index contributed by atoms with van der Waals surface area (Å²) in [4.78, 5) is 7.47. The Bertz CT molecular complexity index is 844. The van der Waals surface area contributed by atoms with Crippen LogP contribution in [0.4, 0.5) is 0 Å². The van der Waals surface area contributed by atoms with Gasteiger partial charge in [-0.3, -0.25) is 0 Å². The largest absolute Gasteiger partial charge is 0.494 e. The van der Waals surface area contributed by atoms with Gasteiger partial charge in [0.05, 0.1) is 24.4 Å². The molecular formula is C23H35N3O3S. The van der Waals surface area contributed by atoms with E-state index in [-0.39, 0.29) is 6.04 Å². The molecule has 1 aromatic carbocycles. The van der Waals surface area contributed by atoms with Crippen LogP contribution in [-0.2, 0) is 16.6 Å². The summed E-state index contributed by atoms with van der Waals surface area (Å²) in [5.41, 5.74) is 0.812. The van der Waals surface area contributed by atoms with Crippen LogP contribution >= 0.6 is 0 Å². The lowest BCUT2D eigenvalue weighted by atomic mass is 9.83. The summed E-state index contributed by atoms with van der Waals surface area (Å²) in [6.07, 6.45) is 12.0. The van der Waals surface area contributed by atoms with E-state index in [1.165, 1.54) is 19.3 Å². The van der Waals surface area contributed by atoms with Crippen LogP contribution in [0.3, 0.4) is 0 Å². The van der Waals surface area contributed by atoms with E-state index in [1.807, 2.05) is 0 Å². The normalized spacial score (nSPS) is 16.6. The fourth-order valence-corrected chi connectivity index (χ4v) is 6.13. The fraction of sp³-hybridized carbons (Fsp3) is 0.609. The van der Waals surface area contributed by atoms with Crippen LogP contribution in [0.25, 0.3) is 0 Å². The maximum Gasteiger partial charge on any atom is 0.243 e. The Morgan fingerprint density at radius 1 is 1.17 bits per heavy atom. The van der Waals surface area contributed by atoms with Gasteiger partial charge in [0.25, 0.3) is 0 Å². The lowest BCUT2D eigenvalue weighted by Gasteiger charge is -2.37. The second kappa shape index (κ2) is 11.0. The molecule has 1 aliphatic carbocycles. The highest BCUT2D eigenvalue weighted by Gasteiger charge is 2.36. The predicted octanol–water partition coefficient (Wildman–Crippen LogP) is 5.14. The topological polar surface area (TPSA) is 75.3 Å². The average Bonchev–Trinajstić information content (AvgIpc) is 3.28. The highest BCUT2D eigenvalue weighted by atomic mass is 32.2. The van der Waals surface area contributed by atoms with Gasteiger partial charge in [-0.25, -0.2) is 13.4 Å². The molecule has 2 aromatic rings. The van der Waals surface area contributed by atoms with Gasteiger partial charge in [0.15, 0.2) is 0 Å². The third-order valence-corrected chi connectivity index (χ3v) is 7.95. The third kappa shape index (κ3) is 5.64. The van der Waals surface area contributed by atoms with E-state index in [0.717, 1.165) is 37.8 Å². The van der Waals surface area contributed by atoms with Crippen molar-refractivity contribution in [2.24, 2.45) is 5.92 Å². The Labute approximate surface area is 181 Å². The Balaban J connectivity index is 1.86. The van der Waals surface area contributed by atoms with Crippen LogP contribution in [0.5, 0.6) is 5.75 Å². The summed E-state index contributed by atoms with van der Waals surface area (Å²) < 4.78 is 34.8. The number of hydrogen-bond acceptors (Lipinski definition) is 4. The first-order valence-corrected chi connectivity index (χ1v) is 12.7. The number of aromatic amines is 1. The molecule has 0 spiro atoms. The Kier molecular flexibility index (Phi) is 8.33. The second-order valence-corrected chi connectivity index (χ2v) is 10.1. The van der Waals surface area contributed by atoms with E-state index in [4.69, 9.17) is 4.74 Å². The second-order valence-electron chi connectivity index (χ2n) is 8.17. The first kappa shape index (κ1) is 22.8. The summed E-state index contributed by atoms with van der Waals surface area (Å²) >= 11 is 0. The molecule has 0 unspecified atom stereocenters. The third-order valence-electron chi connectivity index (χ3n) is 6.06. The predicted molar refractivity (Wildman–Crippen MR) is 119 cm³/mol. The van der Waals surface area contributed by atoms with Crippen LogP contribution in [0.15, 0.2) is 41.7 Å². The quantitative estimate of drug-likeness (QED) is 0.498. The number of aromatic nitrogens is 2. The number of nitrogens with zero attached hydrogens (tertiary/aromatic N) is 2. The van der Waals surface area contributed by atoms with Crippen molar-refractivity contribution in [3.8, 4) is 5.75 Å². The first-order valence-electron chi connectivity index (χ1n) is 11.3. The summed E-state index contributed by atoms with van der Waals surface area (Å²) in [7, 11) is -3.65.